The maximum absolute atomic E-state index is 14.0. The average molecular weight is 611 g/mol. The summed E-state index contributed by atoms with van der Waals surface area (Å²) in [6.07, 6.45) is -0.348. The Kier molecular flexibility index (Phi) is 12.5. The number of rotatable bonds is 14. The molecule has 42 heavy (non-hydrogen) atoms. The third kappa shape index (κ3) is 9.36. The van der Waals surface area contributed by atoms with E-state index in [0.717, 1.165) is 17.3 Å². The van der Waals surface area contributed by atoms with Gasteiger partial charge in [-0.25, -0.2) is 18.0 Å². The summed E-state index contributed by atoms with van der Waals surface area (Å²) in [5.74, 6) is -3.98. The first-order valence-corrected chi connectivity index (χ1v) is 14.6. The van der Waals surface area contributed by atoms with E-state index in [9.17, 15) is 27.6 Å². The molecule has 1 saturated heterocycles. The van der Waals surface area contributed by atoms with Gasteiger partial charge in [0.2, 0.25) is 5.91 Å². The topological polar surface area (TPSA) is 123 Å². The zero-order chi connectivity index (χ0) is 30.8. The minimum absolute atomic E-state index is 0.0183. The molecular formula is C29H37F3N4O5S. The van der Waals surface area contributed by atoms with Crippen LogP contribution in [0.15, 0.2) is 36.4 Å². The lowest BCUT2D eigenvalue weighted by molar-refractivity contribution is -0.146. The molecule has 2 aromatic carbocycles. The summed E-state index contributed by atoms with van der Waals surface area (Å²) in [4.78, 5) is 39.7. The zero-order valence-corrected chi connectivity index (χ0v) is 24.6. The van der Waals surface area contributed by atoms with Crippen molar-refractivity contribution >= 4 is 35.2 Å². The second-order valence-corrected chi connectivity index (χ2v) is 11.5. The fraction of sp³-hybridized carbons (Fsp3) is 0.483. The largest absolute Gasteiger partial charge is 0.462 e. The molecular weight excluding hydrogens is 573 g/mol. The van der Waals surface area contributed by atoms with Gasteiger partial charge in [0.15, 0.2) is 17.0 Å². The predicted octanol–water partition coefficient (Wildman–Crippen LogP) is 3.21. The lowest BCUT2D eigenvalue weighted by Crippen LogP contribution is -2.46. The van der Waals surface area contributed by atoms with Gasteiger partial charge in [0.05, 0.1) is 6.61 Å². The predicted molar refractivity (Wildman–Crippen MR) is 154 cm³/mol. The molecule has 0 saturated carbocycles. The van der Waals surface area contributed by atoms with Crippen LogP contribution in [0.25, 0.3) is 0 Å². The molecule has 9 nitrogen and oxygen atoms in total. The first kappa shape index (κ1) is 33.2. The molecule has 3 unspecified atom stereocenters. The highest BCUT2D eigenvalue weighted by Crippen LogP contribution is 2.26. The number of hydrogen-bond donors (Lipinski definition) is 3. The van der Waals surface area contributed by atoms with Gasteiger partial charge >= 0.3 is 5.97 Å². The lowest BCUT2D eigenvalue weighted by atomic mass is 10.0. The van der Waals surface area contributed by atoms with Gasteiger partial charge in [-0.1, -0.05) is 26.0 Å². The molecule has 0 spiro atoms. The van der Waals surface area contributed by atoms with Gasteiger partial charge in [-0.15, -0.1) is 11.8 Å². The van der Waals surface area contributed by atoms with Crippen molar-refractivity contribution in [2.45, 2.75) is 50.7 Å². The van der Waals surface area contributed by atoms with E-state index in [2.05, 4.69) is 10.6 Å². The van der Waals surface area contributed by atoms with Gasteiger partial charge in [0.1, 0.15) is 18.5 Å². The quantitative estimate of drug-likeness (QED) is 0.169. The van der Waals surface area contributed by atoms with Gasteiger partial charge in [0.25, 0.3) is 5.91 Å². The smallest absolute Gasteiger partial charge is 0.328 e. The van der Waals surface area contributed by atoms with Gasteiger partial charge in [-0.3, -0.25) is 9.59 Å². The summed E-state index contributed by atoms with van der Waals surface area (Å²) in [7, 11) is 1.53. The van der Waals surface area contributed by atoms with E-state index in [4.69, 9.17) is 15.2 Å². The van der Waals surface area contributed by atoms with E-state index in [1.807, 2.05) is 26.0 Å². The van der Waals surface area contributed by atoms with Crippen molar-refractivity contribution < 1.29 is 37.0 Å². The first-order chi connectivity index (χ1) is 20.0. The highest BCUT2D eigenvalue weighted by Gasteiger charge is 2.35. The Morgan fingerprint density at radius 3 is 2.43 bits per heavy atom. The Hall–Kier alpha value is -3.29. The van der Waals surface area contributed by atoms with E-state index in [1.165, 1.54) is 23.8 Å². The third-order valence-electron chi connectivity index (χ3n) is 6.64. The normalized spacial score (nSPS) is 16.3. The number of benzene rings is 2. The van der Waals surface area contributed by atoms with E-state index in [1.54, 1.807) is 12.1 Å². The van der Waals surface area contributed by atoms with Crippen molar-refractivity contribution in [2.24, 2.45) is 11.7 Å². The van der Waals surface area contributed by atoms with Gasteiger partial charge in [-0.2, -0.15) is 0 Å². The summed E-state index contributed by atoms with van der Waals surface area (Å²) in [5, 5.41) is 5.28. The monoisotopic (exact) mass is 610 g/mol. The number of nitrogens with one attached hydrogen (secondary N) is 2. The number of methoxy groups -OCH3 is 1. The van der Waals surface area contributed by atoms with E-state index in [0.29, 0.717) is 25.0 Å². The standard InChI is InChI=1S/C29H37F3N4O5S/c1-17(2)26(29(39)41-10-9-40-3)35-21-6-4-18(5-7-21)16-34-27(38)28-36(8-11-42-28)25(37)14-20(33)12-19-13-23(31)24(32)15-22(19)30/h4-7,13,15,17,20,26,28,35H,8-12,14,16,33H2,1-3H3,(H,34,38). The highest BCUT2D eigenvalue weighted by molar-refractivity contribution is 8.00. The Balaban J connectivity index is 1.51. The van der Waals surface area contributed by atoms with Crippen molar-refractivity contribution in [1.82, 2.24) is 10.2 Å². The van der Waals surface area contributed by atoms with Gasteiger partial charge in [0, 0.05) is 50.2 Å². The number of amides is 2. The summed E-state index contributed by atoms with van der Waals surface area (Å²) >= 11 is 1.32. The van der Waals surface area contributed by atoms with Gasteiger partial charge < -0.3 is 30.7 Å². The number of carbonyl (C=O) groups is 3. The SMILES string of the molecule is COCCOC(=O)C(Nc1ccc(CNC(=O)C2SCCN2C(=O)CC(N)Cc2cc(F)c(F)cc2F)cc1)C(C)C. The van der Waals surface area contributed by atoms with Crippen LogP contribution in [0.3, 0.4) is 0 Å². The molecule has 0 aliphatic carbocycles. The summed E-state index contributed by atoms with van der Waals surface area (Å²) < 4.78 is 50.8. The zero-order valence-electron chi connectivity index (χ0n) is 23.8. The van der Waals surface area contributed by atoms with Crippen LogP contribution in [0.5, 0.6) is 0 Å². The van der Waals surface area contributed by atoms with Crippen molar-refractivity contribution in [3.8, 4) is 0 Å². The summed E-state index contributed by atoms with van der Waals surface area (Å²) in [6, 6.07) is 7.04. The second-order valence-electron chi connectivity index (χ2n) is 10.3. The molecule has 0 aromatic heterocycles. The third-order valence-corrected chi connectivity index (χ3v) is 7.84. The molecule has 0 bridgehead atoms. The van der Waals surface area contributed by atoms with Crippen molar-refractivity contribution in [3.63, 3.8) is 0 Å². The fourth-order valence-corrected chi connectivity index (χ4v) is 5.51. The summed E-state index contributed by atoms with van der Waals surface area (Å²) in [6.45, 7) is 4.88. The summed E-state index contributed by atoms with van der Waals surface area (Å²) in [5.41, 5.74) is 7.43. The number of nitrogens with zero attached hydrogens (tertiary/aromatic N) is 1. The number of nitrogens with two attached hydrogens (primary N) is 1. The van der Waals surface area contributed by atoms with Crippen LogP contribution in [0.1, 0.15) is 31.4 Å². The maximum atomic E-state index is 14.0. The Labute approximate surface area is 247 Å². The molecule has 230 valence electrons. The van der Waals surface area contributed by atoms with E-state index >= 15 is 0 Å². The maximum Gasteiger partial charge on any atom is 0.328 e. The second kappa shape index (κ2) is 15.8. The lowest BCUT2D eigenvalue weighted by Gasteiger charge is -2.24. The number of carbonyl (C=O) groups excluding carboxylic acids is 3. The van der Waals surface area contributed by atoms with Crippen LogP contribution >= 0.6 is 11.8 Å². The molecule has 13 heteroatoms. The van der Waals surface area contributed by atoms with E-state index in [-0.39, 0.29) is 55.3 Å². The van der Waals surface area contributed by atoms with E-state index < -0.39 is 34.9 Å². The number of anilines is 1. The Morgan fingerprint density at radius 1 is 1.07 bits per heavy atom. The molecule has 1 aliphatic rings. The molecule has 4 N–H and O–H groups in total. The van der Waals surface area contributed by atoms with Crippen molar-refractivity contribution in [3.05, 3.63) is 65.0 Å². The number of esters is 1. The molecule has 1 fully saturated rings. The van der Waals surface area contributed by atoms with Crippen LogP contribution in [-0.2, 0) is 36.8 Å². The van der Waals surface area contributed by atoms with Crippen LogP contribution in [0, 0.1) is 23.4 Å². The Bertz CT molecular complexity index is 1230. The molecule has 2 aromatic rings. The number of halogens is 3. The Morgan fingerprint density at radius 2 is 1.76 bits per heavy atom. The van der Waals surface area contributed by atoms with Crippen LogP contribution in [0.4, 0.5) is 18.9 Å². The van der Waals surface area contributed by atoms with Crippen LogP contribution < -0.4 is 16.4 Å². The molecule has 3 rings (SSSR count). The first-order valence-electron chi connectivity index (χ1n) is 13.6. The minimum Gasteiger partial charge on any atom is -0.462 e. The van der Waals surface area contributed by atoms with Crippen LogP contribution in [-0.4, -0.2) is 72.8 Å². The average Bonchev–Trinajstić information content (AvgIpc) is 3.44. The molecule has 3 atom stereocenters. The fourth-order valence-electron chi connectivity index (χ4n) is 4.35. The van der Waals surface area contributed by atoms with Crippen molar-refractivity contribution in [1.29, 1.82) is 0 Å². The molecule has 0 radical (unpaired) electrons. The minimum atomic E-state index is -1.30. The number of thioether (sulfide) groups is 1. The van der Waals surface area contributed by atoms with Crippen molar-refractivity contribution in [2.75, 3.05) is 37.9 Å². The molecule has 1 aliphatic heterocycles. The highest BCUT2D eigenvalue weighted by atomic mass is 32.2. The number of hydrogen-bond acceptors (Lipinski definition) is 8. The number of ether oxygens (including phenoxy) is 2. The van der Waals surface area contributed by atoms with Crippen LogP contribution in [0.2, 0.25) is 0 Å². The molecule has 2 amide bonds. The van der Waals surface area contributed by atoms with Gasteiger partial charge in [-0.05, 0) is 41.7 Å². The molecule has 1 heterocycles.